The van der Waals surface area contributed by atoms with E-state index in [-0.39, 0.29) is 18.0 Å². The molecule has 0 aliphatic heterocycles. The van der Waals surface area contributed by atoms with Crippen LogP contribution in [0, 0.1) is 11.6 Å². The number of aryl methyl sites for hydroxylation is 2. The first-order valence-corrected chi connectivity index (χ1v) is 6.69. The van der Waals surface area contributed by atoms with Crippen LogP contribution in [0.2, 0.25) is 0 Å². The van der Waals surface area contributed by atoms with Gasteiger partial charge in [-0.05, 0) is 38.1 Å². The van der Waals surface area contributed by atoms with Crippen molar-refractivity contribution in [2.75, 3.05) is 7.05 Å². The van der Waals surface area contributed by atoms with Crippen LogP contribution >= 0.6 is 0 Å². The molecule has 5 heteroatoms. The highest BCUT2D eigenvalue weighted by Crippen LogP contribution is 2.22. The molecule has 0 aliphatic carbocycles. The molecule has 1 aromatic carbocycles. The maximum absolute atomic E-state index is 13.7. The summed E-state index contributed by atoms with van der Waals surface area (Å²) in [5.74, 6) is -1.02. The highest BCUT2D eigenvalue weighted by atomic mass is 19.1. The van der Waals surface area contributed by atoms with Crippen molar-refractivity contribution in [3.05, 3.63) is 52.9 Å². The Morgan fingerprint density at radius 1 is 1.30 bits per heavy atom. The minimum absolute atomic E-state index is 0.103. The molecule has 0 saturated heterocycles. The molecule has 2 rings (SSSR count). The molecule has 0 fully saturated rings. The van der Waals surface area contributed by atoms with Crippen molar-refractivity contribution in [2.45, 2.75) is 25.8 Å². The Kier molecular flexibility index (Phi) is 4.49. The van der Waals surface area contributed by atoms with Crippen LogP contribution in [-0.4, -0.2) is 16.8 Å². The lowest BCUT2D eigenvalue weighted by Gasteiger charge is -2.17. The van der Waals surface area contributed by atoms with Crippen LogP contribution in [0.25, 0.3) is 0 Å². The number of likely N-dealkylation sites (N-methyl/N-ethyl adjacent to an activating group) is 1. The van der Waals surface area contributed by atoms with E-state index in [1.54, 1.807) is 11.7 Å². The average molecular weight is 279 g/mol. The van der Waals surface area contributed by atoms with E-state index in [4.69, 9.17) is 0 Å². The molecular formula is C15H19F2N3. The Labute approximate surface area is 117 Å². The van der Waals surface area contributed by atoms with E-state index in [0.717, 1.165) is 17.8 Å². The average Bonchev–Trinajstić information content (AvgIpc) is 2.80. The van der Waals surface area contributed by atoms with Gasteiger partial charge in [0.2, 0.25) is 0 Å². The molecular weight excluding hydrogens is 260 g/mol. The molecule has 108 valence electrons. The van der Waals surface area contributed by atoms with Gasteiger partial charge in [0.15, 0.2) is 0 Å². The zero-order valence-electron chi connectivity index (χ0n) is 12.0. The molecule has 1 atom stereocenters. The highest BCUT2D eigenvalue weighted by Gasteiger charge is 2.19. The summed E-state index contributed by atoms with van der Waals surface area (Å²) in [6.45, 7) is 2.02. The molecule has 0 amide bonds. The van der Waals surface area contributed by atoms with Crippen LogP contribution in [0.4, 0.5) is 8.78 Å². The Morgan fingerprint density at radius 2 is 1.95 bits per heavy atom. The van der Waals surface area contributed by atoms with E-state index in [9.17, 15) is 8.78 Å². The molecule has 1 unspecified atom stereocenters. The second kappa shape index (κ2) is 6.13. The van der Waals surface area contributed by atoms with Crippen LogP contribution in [0.1, 0.15) is 29.9 Å². The summed E-state index contributed by atoms with van der Waals surface area (Å²) in [5.41, 5.74) is 2.00. The maximum Gasteiger partial charge on any atom is 0.129 e. The van der Waals surface area contributed by atoms with Gasteiger partial charge in [-0.15, -0.1) is 0 Å². The first kappa shape index (κ1) is 14.7. The van der Waals surface area contributed by atoms with Crippen LogP contribution in [-0.2, 0) is 19.9 Å². The topological polar surface area (TPSA) is 29.9 Å². The first-order valence-electron chi connectivity index (χ1n) is 6.69. The van der Waals surface area contributed by atoms with Gasteiger partial charge in [-0.25, -0.2) is 8.78 Å². The maximum atomic E-state index is 13.7. The van der Waals surface area contributed by atoms with Crippen molar-refractivity contribution in [3.8, 4) is 0 Å². The predicted molar refractivity (Wildman–Crippen MR) is 74.4 cm³/mol. The largest absolute Gasteiger partial charge is 0.311 e. The lowest BCUT2D eigenvalue weighted by atomic mass is 10.0. The van der Waals surface area contributed by atoms with Gasteiger partial charge < -0.3 is 5.32 Å². The molecule has 0 saturated carbocycles. The molecule has 1 N–H and O–H groups in total. The van der Waals surface area contributed by atoms with Gasteiger partial charge >= 0.3 is 0 Å². The van der Waals surface area contributed by atoms with Gasteiger partial charge in [-0.1, -0.05) is 13.0 Å². The van der Waals surface area contributed by atoms with Crippen LogP contribution in [0.15, 0.2) is 24.3 Å². The van der Waals surface area contributed by atoms with E-state index in [1.165, 1.54) is 18.2 Å². The number of benzene rings is 1. The Balaban J connectivity index is 2.31. The number of halogens is 2. The molecule has 1 heterocycles. The summed E-state index contributed by atoms with van der Waals surface area (Å²) < 4.78 is 29.3. The van der Waals surface area contributed by atoms with Gasteiger partial charge in [0.05, 0.1) is 17.4 Å². The SMILES string of the molecule is CCc1cc(C(Cc2c(F)cccc2F)NC)n(C)n1. The van der Waals surface area contributed by atoms with Gasteiger partial charge in [0, 0.05) is 12.6 Å². The summed E-state index contributed by atoms with van der Waals surface area (Å²) in [6.07, 6.45) is 1.08. The number of hydrogen-bond acceptors (Lipinski definition) is 2. The Hall–Kier alpha value is -1.75. The minimum Gasteiger partial charge on any atom is -0.311 e. The van der Waals surface area contributed by atoms with Crippen molar-refractivity contribution in [1.82, 2.24) is 15.1 Å². The second-order valence-corrected chi connectivity index (χ2v) is 4.78. The summed E-state index contributed by atoms with van der Waals surface area (Å²) in [5, 5.41) is 7.48. The van der Waals surface area contributed by atoms with Crippen LogP contribution in [0.5, 0.6) is 0 Å². The van der Waals surface area contributed by atoms with E-state index >= 15 is 0 Å². The third kappa shape index (κ3) is 2.88. The van der Waals surface area contributed by atoms with E-state index in [1.807, 2.05) is 20.0 Å². The molecule has 0 aliphatic rings. The second-order valence-electron chi connectivity index (χ2n) is 4.78. The molecule has 3 nitrogen and oxygen atoms in total. The fraction of sp³-hybridized carbons (Fsp3) is 0.400. The fourth-order valence-electron chi connectivity index (χ4n) is 2.33. The zero-order valence-corrected chi connectivity index (χ0v) is 12.0. The number of nitrogens with one attached hydrogen (secondary N) is 1. The van der Waals surface area contributed by atoms with Crippen LogP contribution < -0.4 is 5.32 Å². The number of nitrogens with zero attached hydrogens (tertiary/aromatic N) is 2. The zero-order chi connectivity index (χ0) is 14.7. The van der Waals surface area contributed by atoms with Crippen molar-refractivity contribution in [1.29, 1.82) is 0 Å². The summed E-state index contributed by atoms with van der Waals surface area (Å²) in [6, 6.07) is 5.73. The molecule has 1 aromatic heterocycles. The first-order chi connectivity index (χ1) is 9.56. The summed E-state index contributed by atoms with van der Waals surface area (Å²) >= 11 is 0. The molecule has 0 spiro atoms. The molecule has 0 bridgehead atoms. The highest BCUT2D eigenvalue weighted by molar-refractivity contribution is 5.24. The molecule has 2 aromatic rings. The lowest BCUT2D eigenvalue weighted by Crippen LogP contribution is -2.22. The van der Waals surface area contributed by atoms with Crippen molar-refractivity contribution >= 4 is 0 Å². The quantitative estimate of drug-likeness (QED) is 0.912. The predicted octanol–water partition coefficient (Wildman–Crippen LogP) is 2.76. The van der Waals surface area contributed by atoms with Crippen molar-refractivity contribution in [3.63, 3.8) is 0 Å². The standard InChI is InChI=1S/C15H19F2N3/c1-4-10-8-15(20(3)19-10)14(18-2)9-11-12(16)6-5-7-13(11)17/h5-8,14,18H,4,9H2,1-3H3. The van der Waals surface area contributed by atoms with Gasteiger partial charge in [0.25, 0.3) is 0 Å². The smallest absolute Gasteiger partial charge is 0.129 e. The van der Waals surface area contributed by atoms with Crippen molar-refractivity contribution < 1.29 is 8.78 Å². The summed E-state index contributed by atoms with van der Waals surface area (Å²) in [7, 11) is 3.62. The lowest BCUT2D eigenvalue weighted by molar-refractivity contribution is 0.494. The Bertz CT molecular complexity index is 573. The van der Waals surface area contributed by atoms with Gasteiger partial charge in [-0.2, -0.15) is 5.10 Å². The number of hydrogen-bond donors (Lipinski definition) is 1. The monoisotopic (exact) mass is 279 g/mol. The van der Waals surface area contributed by atoms with E-state index in [2.05, 4.69) is 10.4 Å². The van der Waals surface area contributed by atoms with E-state index in [0.29, 0.717) is 0 Å². The van der Waals surface area contributed by atoms with Gasteiger partial charge in [-0.3, -0.25) is 4.68 Å². The van der Waals surface area contributed by atoms with Gasteiger partial charge in [0.1, 0.15) is 11.6 Å². The molecule has 0 radical (unpaired) electrons. The number of rotatable bonds is 5. The van der Waals surface area contributed by atoms with Crippen LogP contribution in [0.3, 0.4) is 0 Å². The van der Waals surface area contributed by atoms with E-state index < -0.39 is 11.6 Å². The van der Waals surface area contributed by atoms with Crippen molar-refractivity contribution in [2.24, 2.45) is 7.05 Å². The number of aromatic nitrogens is 2. The Morgan fingerprint density at radius 3 is 2.45 bits per heavy atom. The normalized spacial score (nSPS) is 12.7. The minimum atomic E-state index is -0.511. The molecule has 20 heavy (non-hydrogen) atoms. The third-order valence-corrected chi connectivity index (χ3v) is 3.50. The fourth-order valence-corrected chi connectivity index (χ4v) is 2.33. The summed E-state index contributed by atoms with van der Waals surface area (Å²) in [4.78, 5) is 0. The third-order valence-electron chi connectivity index (χ3n) is 3.50.